The minimum absolute atomic E-state index is 0.0262. The van der Waals surface area contributed by atoms with Crippen molar-refractivity contribution in [1.82, 2.24) is 0 Å². The van der Waals surface area contributed by atoms with Crippen LogP contribution in [-0.2, 0) is 18.9 Å². The zero-order chi connectivity index (χ0) is 25.5. The summed E-state index contributed by atoms with van der Waals surface area (Å²) in [5, 5.41) is 0. The number of hydrogen-bond donors (Lipinski definition) is 0. The third-order valence-corrected chi connectivity index (χ3v) is 6.54. The van der Waals surface area contributed by atoms with Crippen LogP contribution >= 0.6 is 0 Å². The molecule has 0 N–H and O–H groups in total. The monoisotopic (exact) mass is 498 g/mol. The highest BCUT2D eigenvalue weighted by Gasteiger charge is 2.09. The lowest BCUT2D eigenvalue weighted by Gasteiger charge is -2.19. The quantitative estimate of drug-likeness (QED) is 0.0560. The van der Waals surface area contributed by atoms with E-state index in [9.17, 15) is 0 Å². The molecule has 0 saturated carbocycles. The Morgan fingerprint density at radius 2 is 1.00 bits per heavy atom. The fraction of sp³-hybridized carbons (Fsp3) is 0.935. The summed E-state index contributed by atoms with van der Waals surface area (Å²) in [5.74, 6) is 0. The first-order valence-electron chi connectivity index (χ1n) is 15.3. The molecule has 0 aliphatic heterocycles. The van der Waals surface area contributed by atoms with Gasteiger partial charge in [0.1, 0.15) is 0 Å². The molecule has 35 heavy (non-hydrogen) atoms. The number of methoxy groups -OCH3 is 1. The van der Waals surface area contributed by atoms with E-state index in [0.717, 1.165) is 26.1 Å². The first-order valence-corrected chi connectivity index (χ1v) is 15.3. The second kappa shape index (κ2) is 31.4. The van der Waals surface area contributed by atoms with Gasteiger partial charge in [0, 0.05) is 20.3 Å². The normalized spacial score (nSPS) is 11.8. The van der Waals surface area contributed by atoms with Crippen LogP contribution in [0, 0.1) is 0 Å². The smallest absolute Gasteiger partial charge is 0.187 e. The molecule has 0 aliphatic carbocycles. The van der Waals surface area contributed by atoms with Crippen molar-refractivity contribution in [1.29, 1.82) is 0 Å². The van der Waals surface area contributed by atoms with E-state index < -0.39 is 0 Å². The Morgan fingerprint density at radius 1 is 0.543 bits per heavy atom. The van der Waals surface area contributed by atoms with Gasteiger partial charge in [-0.05, 0) is 44.6 Å². The van der Waals surface area contributed by atoms with Crippen molar-refractivity contribution in [3.63, 3.8) is 0 Å². The van der Waals surface area contributed by atoms with Gasteiger partial charge in [-0.15, -0.1) is 0 Å². The number of unbranched alkanes of at least 4 members (excludes halogenated alkanes) is 18. The Morgan fingerprint density at radius 3 is 1.49 bits per heavy atom. The SMILES string of the molecule is CCCCCCOC(CCCCCCCCCCCCCCC=COCOC)OCCCCCC. The van der Waals surface area contributed by atoms with E-state index >= 15 is 0 Å². The molecule has 0 radical (unpaired) electrons. The maximum absolute atomic E-state index is 6.09. The minimum atomic E-state index is 0.0262. The van der Waals surface area contributed by atoms with Crippen LogP contribution in [-0.4, -0.2) is 33.4 Å². The third-order valence-electron chi connectivity index (χ3n) is 6.54. The fourth-order valence-electron chi connectivity index (χ4n) is 4.29. The van der Waals surface area contributed by atoms with Gasteiger partial charge in [-0.1, -0.05) is 117 Å². The summed E-state index contributed by atoms with van der Waals surface area (Å²) in [6.07, 6.45) is 32.4. The molecule has 0 aromatic carbocycles. The lowest BCUT2D eigenvalue weighted by Crippen LogP contribution is -2.19. The first kappa shape index (κ1) is 34.4. The van der Waals surface area contributed by atoms with Gasteiger partial charge < -0.3 is 18.9 Å². The van der Waals surface area contributed by atoms with E-state index in [4.69, 9.17) is 18.9 Å². The Kier molecular flexibility index (Phi) is 30.9. The highest BCUT2D eigenvalue weighted by atomic mass is 16.7. The summed E-state index contributed by atoms with van der Waals surface area (Å²) >= 11 is 0. The van der Waals surface area contributed by atoms with Gasteiger partial charge in [-0.25, -0.2) is 0 Å². The Bertz CT molecular complexity index is 385. The van der Waals surface area contributed by atoms with E-state index in [1.807, 2.05) is 0 Å². The van der Waals surface area contributed by atoms with Crippen molar-refractivity contribution >= 4 is 0 Å². The van der Waals surface area contributed by atoms with Crippen LogP contribution in [0.5, 0.6) is 0 Å². The lowest BCUT2D eigenvalue weighted by atomic mass is 10.0. The van der Waals surface area contributed by atoms with Crippen molar-refractivity contribution in [2.24, 2.45) is 0 Å². The molecular weight excluding hydrogens is 436 g/mol. The maximum atomic E-state index is 6.09. The Hall–Kier alpha value is -0.580. The molecule has 0 unspecified atom stereocenters. The summed E-state index contributed by atoms with van der Waals surface area (Å²) in [4.78, 5) is 0. The predicted octanol–water partition coefficient (Wildman–Crippen LogP) is 10.1. The van der Waals surface area contributed by atoms with Gasteiger partial charge >= 0.3 is 0 Å². The van der Waals surface area contributed by atoms with Crippen LogP contribution in [0.15, 0.2) is 12.3 Å². The van der Waals surface area contributed by atoms with E-state index in [-0.39, 0.29) is 6.29 Å². The second-order valence-electron chi connectivity index (χ2n) is 10.1. The summed E-state index contributed by atoms with van der Waals surface area (Å²) in [6, 6.07) is 0. The molecule has 4 nitrogen and oxygen atoms in total. The number of allylic oxidation sites excluding steroid dienone is 1. The molecule has 0 atom stereocenters. The summed E-state index contributed by atoms with van der Waals surface area (Å²) < 4.78 is 22.2. The topological polar surface area (TPSA) is 36.9 Å². The van der Waals surface area contributed by atoms with Gasteiger partial charge in [-0.3, -0.25) is 0 Å². The third kappa shape index (κ3) is 29.5. The van der Waals surface area contributed by atoms with Crippen LogP contribution in [0.1, 0.15) is 155 Å². The van der Waals surface area contributed by atoms with Crippen molar-refractivity contribution < 1.29 is 18.9 Å². The van der Waals surface area contributed by atoms with Crippen LogP contribution in [0.25, 0.3) is 0 Å². The molecule has 4 heteroatoms. The average Bonchev–Trinajstić information content (AvgIpc) is 2.87. The van der Waals surface area contributed by atoms with E-state index in [1.165, 1.54) is 128 Å². The van der Waals surface area contributed by atoms with Gasteiger partial charge in [0.2, 0.25) is 0 Å². The van der Waals surface area contributed by atoms with Crippen molar-refractivity contribution in [3.05, 3.63) is 12.3 Å². The second-order valence-corrected chi connectivity index (χ2v) is 10.1. The first-order chi connectivity index (χ1) is 17.3. The number of ether oxygens (including phenoxy) is 4. The summed E-state index contributed by atoms with van der Waals surface area (Å²) in [5.41, 5.74) is 0. The van der Waals surface area contributed by atoms with Gasteiger partial charge in [0.15, 0.2) is 13.1 Å². The molecule has 0 aliphatic rings. The zero-order valence-corrected chi connectivity index (χ0v) is 24.0. The Balaban J connectivity index is 3.54. The summed E-state index contributed by atoms with van der Waals surface area (Å²) in [6.45, 7) is 6.59. The summed E-state index contributed by atoms with van der Waals surface area (Å²) in [7, 11) is 1.64. The molecule has 210 valence electrons. The molecule has 0 heterocycles. The average molecular weight is 499 g/mol. The van der Waals surface area contributed by atoms with Crippen LogP contribution in [0.2, 0.25) is 0 Å². The fourth-order valence-corrected chi connectivity index (χ4v) is 4.29. The van der Waals surface area contributed by atoms with Crippen LogP contribution in [0.3, 0.4) is 0 Å². The zero-order valence-electron chi connectivity index (χ0n) is 24.0. The maximum Gasteiger partial charge on any atom is 0.187 e. The highest BCUT2D eigenvalue weighted by molar-refractivity contribution is 4.72. The van der Waals surface area contributed by atoms with Crippen LogP contribution < -0.4 is 0 Å². The van der Waals surface area contributed by atoms with E-state index in [1.54, 1.807) is 13.4 Å². The number of hydrogen-bond acceptors (Lipinski definition) is 4. The molecule has 0 spiro atoms. The molecule has 0 fully saturated rings. The predicted molar refractivity (Wildman–Crippen MR) is 151 cm³/mol. The van der Waals surface area contributed by atoms with E-state index in [0.29, 0.717) is 6.79 Å². The highest BCUT2D eigenvalue weighted by Crippen LogP contribution is 2.15. The van der Waals surface area contributed by atoms with E-state index in [2.05, 4.69) is 19.9 Å². The van der Waals surface area contributed by atoms with Crippen molar-refractivity contribution in [2.75, 3.05) is 27.1 Å². The van der Waals surface area contributed by atoms with Crippen molar-refractivity contribution in [3.8, 4) is 0 Å². The van der Waals surface area contributed by atoms with Crippen molar-refractivity contribution in [2.45, 2.75) is 161 Å². The van der Waals surface area contributed by atoms with Gasteiger partial charge in [0.05, 0.1) is 6.26 Å². The number of rotatable bonds is 30. The lowest BCUT2D eigenvalue weighted by molar-refractivity contribution is -0.148. The van der Waals surface area contributed by atoms with Gasteiger partial charge in [-0.2, -0.15) is 0 Å². The molecule has 0 saturated heterocycles. The molecular formula is C31H62O4. The largest absolute Gasteiger partial charge is 0.476 e. The minimum Gasteiger partial charge on any atom is -0.476 e. The molecule has 0 amide bonds. The van der Waals surface area contributed by atoms with Crippen LogP contribution in [0.4, 0.5) is 0 Å². The molecule has 0 rings (SSSR count). The molecule has 0 aromatic rings. The standard InChI is InChI=1S/C31H62O4/c1-4-6-8-24-28-34-31(35-29-25-9-7-5-2)26-22-20-18-16-14-12-10-11-13-15-17-19-21-23-27-33-30-32-3/h23,27,31H,4-22,24-26,28-30H2,1-3H3. The Labute approximate surface area is 219 Å². The molecule has 0 aromatic heterocycles. The molecule has 0 bridgehead atoms. The van der Waals surface area contributed by atoms with Gasteiger partial charge in [0.25, 0.3) is 0 Å².